The lowest BCUT2D eigenvalue weighted by Crippen LogP contribution is -2.17. The Balaban J connectivity index is 1.85. The number of methoxy groups -OCH3 is 1. The second kappa shape index (κ2) is 5.35. The van der Waals surface area contributed by atoms with E-state index in [9.17, 15) is 4.79 Å². The third kappa shape index (κ3) is 3.20. The number of rotatable bonds is 7. The van der Waals surface area contributed by atoms with Crippen molar-refractivity contribution in [1.29, 1.82) is 0 Å². The van der Waals surface area contributed by atoms with E-state index in [0.717, 1.165) is 25.4 Å². The largest absolute Gasteiger partial charge is 0.478 e. The molecule has 1 aliphatic carbocycles. The third-order valence-corrected chi connectivity index (χ3v) is 3.45. The zero-order valence-corrected chi connectivity index (χ0v) is 10.5. The summed E-state index contributed by atoms with van der Waals surface area (Å²) in [4.78, 5) is 14.8. The average Bonchev–Trinajstić information content (AvgIpc) is 3.15. The molecule has 1 aliphatic rings. The number of carbonyl (C=O) groups is 1. The molecule has 98 valence electrons. The van der Waals surface area contributed by atoms with E-state index in [1.165, 1.54) is 19.0 Å². The van der Waals surface area contributed by atoms with E-state index in [-0.39, 0.29) is 5.56 Å². The summed E-state index contributed by atoms with van der Waals surface area (Å²) in [6.45, 7) is 1.66. The van der Waals surface area contributed by atoms with Crippen LogP contribution in [0.4, 0.5) is 5.82 Å². The first kappa shape index (κ1) is 12.8. The van der Waals surface area contributed by atoms with Crippen molar-refractivity contribution in [2.75, 3.05) is 25.6 Å². The molecule has 0 bridgehead atoms. The molecule has 2 N–H and O–H groups in total. The van der Waals surface area contributed by atoms with Gasteiger partial charge in [-0.1, -0.05) is 0 Å². The van der Waals surface area contributed by atoms with Gasteiger partial charge in [0.2, 0.25) is 0 Å². The van der Waals surface area contributed by atoms with Gasteiger partial charge in [-0.3, -0.25) is 0 Å². The fraction of sp³-hybridized carbons (Fsp3) is 0.538. The number of hydrogen-bond donors (Lipinski definition) is 2. The second-order valence-corrected chi connectivity index (χ2v) is 4.83. The van der Waals surface area contributed by atoms with Gasteiger partial charge < -0.3 is 15.2 Å². The second-order valence-electron chi connectivity index (χ2n) is 4.83. The molecule has 0 saturated heterocycles. The first-order valence-corrected chi connectivity index (χ1v) is 6.07. The SMILES string of the molecule is COCCC1(CNc2ccc(C(=O)O)cn2)CC1. The van der Waals surface area contributed by atoms with Gasteiger partial charge in [0.25, 0.3) is 0 Å². The minimum absolute atomic E-state index is 0.209. The highest BCUT2D eigenvalue weighted by Gasteiger charge is 2.41. The zero-order valence-electron chi connectivity index (χ0n) is 10.5. The van der Waals surface area contributed by atoms with Crippen molar-refractivity contribution < 1.29 is 14.6 Å². The maximum atomic E-state index is 10.7. The predicted molar refractivity (Wildman–Crippen MR) is 67.8 cm³/mol. The summed E-state index contributed by atoms with van der Waals surface area (Å²) in [5.74, 6) is -0.225. The van der Waals surface area contributed by atoms with Gasteiger partial charge in [-0.05, 0) is 36.8 Å². The maximum Gasteiger partial charge on any atom is 0.337 e. The van der Waals surface area contributed by atoms with Gasteiger partial charge in [0.15, 0.2) is 0 Å². The number of ether oxygens (including phenoxy) is 1. The van der Waals surface area contributed by atoms with Gasteiger partial charge in [-0.15, -0.1) is 0 Å². The zero-order chi connectivity index (χ0) is 13.0. The molecule has 2 rings (SSSR count). The molecule has 1 aromatic heterocycles. The molecule has 0 atom stereocenters. The fourth-order valence-electron chi connectivity index (χ4n) is 1.91. The van der Waals surface area contributed by atoms with Crippen molar-refractivity contribution in [3.8, 4) is 0 Å². The van der Waals surface area contributed by atoms with Crippen LogP contribution in [0.1, 0.15) is 29.6 Å². The summed E-state index contributed by atoms with van der Waals surface area (Å²) >= 11 is 0. The Morgan fingerprint density at radius 3 is 2.83 bits per heavy atom. The Hall–Kier alpha value is -1.62. The van der Waals surface area contributed by atoms with Gasteiger partial charge in [-0.25, -0.2) is 9.78 Å². The van der Waals surface area contributed by atoms with Crippen molar-refractivity contribution in [2.45, 2.75) is 19.3 Å². The van der Waals surface area contributed by atoms with Gasteiger partial charge in [0.05, 0.1) is 5.56 Å². The minimum Gasteiger partial charge on any atom is -0.478 e. The van der Waals surface area contributed by atoms with E-state index in [4.69, 9.17) is 9.84 Å². The number of carboxylic acid groups (broad SMARTS) is 1. The fourth-order valence-corrected chi connectivity index (χ4v) is 1.91. The number of aromatic nitrogens is 1. The van der Waals surface area contributed by atoms with E-state index in [2.05, 4.69) is 10.3 Å². The molecule has 0 aromatic carbocycles. The van der Waals surface area contributed by atoms with E-state index >= 15 is 0 Å². The highest BCUT2D eigenvalue weighted by Crippen LogP contribution is 2.48. The molecule has 5 nitrogen and oxygen atoms in total. The van der Waals surface area contributed by atoms with Crippen molar-refractivity contribution in [3.63, 3.8) is 0 Å². The summed E-state index contributed by atoms with van der Waals surface area (Å²) in [6.07, 6.45) is 4.87. The molecule has 0 radical (unpaired) electrons. The normalized spacial score (nSPS) is 16.3. The molecule has 0 spiro atoms. The number of nitrogens with zero attached hydrogens (tertiary/aromatic N) is 1. The van der Waals surface area contributed by atoms with Crippen molar-refractivity contribution in [3.05, 3.63) is 23.9 Å². The molecule has 1 fully saturated rings. The Morgan fingerprint density at radius 2 is 2.33 bits per heavy atom. The van der Waals surface area contributed by atoms with Gasteiger partial charge in [-0.2, -0.15) is 0 Å². The standard InChI is InChI=1S/C13H18N2O3/c1-18-7-6-13(4-5-13)9-15-11-3-2-10(8-14-11)12(16)17/h2-3,8H,4-7,9H2,1H3,(H,14,15)(H,16,17). The summed E-state index contributed by atoms with van der Waals surface area (Å²) in [5, 5.41) is 12.0. The van der Waals surface area contributed by atoms with Crippen LogP contribution in [0.5, 0.6) is 0 Å². The van der Waals surface area contributed by atoms with Crippen molar-refractivity contribution in [2.24, 2.45) is 5.41 Å². The van der Waals surface area contributed by atoms with Crippen LogP contribution in [0, 0.1) is 5.41 Å². The predicted octanol–water partition coefficient (Wildman–Crippen LogP) is 2.01. The Bertz CT molecular complexity index is 413. The number of hydrogen-bond acceptors (Lipinski definition) is 4. The number of anilines is 1. The molecular formula is C13H18N2O3. The van der Waals surface area contributed by atoms with E-state index in [1.54, 1.807) is 19.2 Å². The maximum absolute atomic E-state index is 10.7. The smallest absolute Gasteiger partial charge is 0.337 e. The highest BCUT2D eigenvalue weighted by molar-refractivity contribution is 5.87. The van der Waals surface area contributed by atoms with Crippen LogP contribution >= 0.6 is 0 Å². The highest BCUT2D eigenvalue weighted by atomic mass is 16.5. The topological polar surface area (TPSA) is 71.5 Å². The molecule has 18 heavy (non-hydrogen) atoms. The molecule has 0 unspecified atom stereocenters. The minimum atomic E-state index is -0.951. The molecule has 1 heterocycles. The van der Waals surface area contributed by atoms with E-state index in [1.807, 2.05) is 0 Å². The molecule has 0 aliphatic heterocycles. The van der Waals surface area contributed by atoms with Crippen molar-refractivity contribution in [1.82, 2.24) is 4.98 Å². The number of aromatic carboxylic acids is 1. The Morgan fingerprint density at radius 1 is 1.56 bits per heavy atom. The Labute approximate surface area is 106 Å². The first-order valence-electron chi connectivity index (χ1n) is 6.07. The van der Waals surface area contributed by atoms with E-state index in [0.29, 0.717) is 5.41 Å². The molecule has 1 aromatic rings. The molecule has 5 heteroatoms. The number of pyridine rings is 1. The van der Waals surface area contributed by atoms with Crippen LogP contribution in [-0.4, -0.2) is 36.3 Å². The van der Waals surface area contributed by atoms with Gasteiger partial charge in [0.1, 0.15) is 5.82 Å². The summed E-state index contributed by atoms with van der Waals surface area (Å²) in [6, 6.07) is 3.27. The quantitative estimate of drug-likeness (QED) is 0.774. The van der Waals surface area contributed by atoms with Crippen LogP contribution in [0.15, 0.2) is 18.3 Å². The Kier molecular flexibility index (Phi) is 3.81. The van der Waals surface area contributed by atoms with Crippen LogP contribution in [0.2, 0.25) is 0 Å². The van der Waals surface area contributed by atoms with Gasteiger partial charge >= 0.3 is 5.97 Å². The summed E-state index contributed by atoms with van der Waals surface area (Å²) in [5.41, 5.74) is 0.560. The van der Waals surface area contributed by atoms with Crippen LogP contribution in [0.25, 0.3) is 0 Å². The average molecular weight is 250 g/mol. The first-order chi connectivity index (χ1) is 8.65. The summed E-state index contributed by atoms with van der Waals surface area (Å²) < 4.78 is 5.10. The summed E-state index contributed by atoms with van der Waals surface area (Å²) in [7, 11) is 1.72. The lowest BCUT2D eigenvalue weighted by Gasteiger charge is -2.15. The van der Waals surface area contributed by atoms with Crippen LogP contribution in [-0.2, 0) is 4.74 Å². The number of nitrogens with one attached hydrogen (secondary N) is 1. The molecule has 1 saturated carbocycles. The monoisotopic (exact) mass is 250 g/mol. The van der Waals surface area contributed by atoms with Crippen LogP contribution in [0.3, 0.4) is 0 Å². The lowest BCUT2D eigenvalue weighted by atomic mass is 10.0. The lowest BCUT2D eigenvalue weighted by molar-refractivity contribution is 0.0696. The number of carboxylic acids is 1. The van der Waals surface area contributed by atoms with Crippen molar-refractivity contribution >= 4 is 11.8 Å². The van der Waals surface area contributed by atoms with Crippen LogP contribution < -0.4 is 5.32 Å². The van der Waals surface area contributed by atoms with Gasteiger partial charge in [0, 0.05) is 26.5 Å². The van der Waals surface area contributed by atoms with E-state index < -0.39 is 5.97 Å². The molecular weight excluding hydrogens is 232 g/mol. The third-order valence-electron chi connectivity index (χ3n) is 3.45. The molecule has 0 amide bonds.